The Morgan fingerprint density at radius 3 is 2.70 bits per heavy atom. The zero-order valence-electron chi connectivity index (χ0n) is 11.9. The Kier molecular flexibility index (Phi) is 3.42. The van der Waals surface area contributed by atoms with Crippen LogP contribution in [-0.2, 0) is 12.8 Å². The molecule has 0 bridgehead atoms. The van der Waals surface area contributed by atoms with Gasteiger partial charge in [-0.3, -0.25) is 0 Å². The lowest BCUT2D eigenvalue weighted by Crippen LogP contribution is -1.94. The maximum atomic E-state index is 4.58. The van der Waals surface area contributed by atoms with Gasteiger partial charge in [0.05, 0.1) is 11.0 Å². The smallest absolute Gasteiger partial charge is 0.106 e. The number of fused-ring (bicyclic) bond motifs is 1. The summed E-state index contributed by atoms with van der Waals surface area (Å²) in [6.45, 7) is 4.28. The summed E-state index contributed by atoms with van der Waals surface area (Å²) in [6.07, 6.45) is 1.95. The molecule has 0 aliphatic carbocycles. The number of aromatic amines is 1. The molecule has 0 atom stereocenters. The number of nitrogens with one attached hydrogen (secondary N) is 2. The molecule has 0 saturated carbocycles. The Labute approximate surface area is 119 Å². The average Bonchev–Trinajstić information content (AvgIpc) is 2.90. The lowest BCUT2D eigenvalue weighted by atomic mass is 10.1. The standard InChI is InChI=1S/C17H19N3/c1-3-12-7-5-6-8-14(12)18-13-9-10-15-16(11-13)20-17(4-2)19-15/h5-11,18H,3-4H2,1-2H3,(H,19,20). The Morgan fingerprint density at radius 2 is 1.90 bits per heavy atom. The second-order valence-corrected chi connectivity index (χ2v) is 4.90. The van der Waals surface area contributed by atoms with E-state index in [-0.39, 0.29) is 0 Å². The van der Waals surface area contributed by atoms with E-state index < -0.39 is 0 Å². The van der Waals surface area contributed by atoms with Crippen LogP contribution >= 0.6 is 0 Å². The van der Waals surface area contributed by atoms with E-state index in [9.17, 15) is 0 Å². The van der Waals surface area contributed by atoms with E-state index >= 15 is 0 Å². The average molecular weight is 265 g/mol. The summed E-state index contributed by atoms with van der Waals surface area (Å²) in [5.74, 6) is 1.03. The molecule has 2 N–H and O–H groups in total. The molecule has 3 rings (SSSR count). The van der Waals surface area contributed by atoms with Crippen molar-refractivity contribution in [1.82, 2.24) is 9.97 Å². The Morgan fingerprint density at radius 1 is 1.05 bits per heavy atom. The quantitative estimate of drug-likeness (QED) is 0.732. The van der Waals surface area contributed by atoms with Crippen molar-refractivity contribution >= 4 is 22.4 Å². The Balaban J connectivity index is 1.94. The fourth-order valence-electron chi connectivity index (χ4n) is 2.41. The first-order valence-electron chi connectivity index (χ1n) is 7.13. The monoisotopic (exact) mass is 265 g/mol. The van der Waals surface area contributed by atoms with E-state index in [1.807, 2.05) is 0 Å². The third-order valence-electron chi connectivity index (χ3n) is 3.54. The number of H-pyrrole nitrogens is 1. The Hall–Kier alpha value is -2.29. The van der Waals surface area contributed by atoms with E-state index in [1.54, 1.807) is 0 Å². The van der Waals surface area contributed by atoms with Gasteiger partial charge in [-0.1, -0.05) is 32.0 Å². The number of nitrogens with zero attached hydrogens (tertiary/aromatic N) is 1. The van der Waals surface area contributed by atoms with Gasteiger partial charge in [-0.25, -0.2) is 4.98 Å². The molecule has 0 fully saturated rings. The Bertz CT molecular complexity index is 728. The van der Waals surface area contributed by atoms with Crippen LogP contribution in [0.2, 0.25) is 0 Å². The van der Waals surface area contributed by atoms with Crippen LogP contribution in [0.15, 0.2) is 42.5 Å². The van der Waals surface area contributed by atoms with Crippen LogP contribution in [0.25, 0.3) is 11.0 Å². The predicted octanol–water partition coefficient (Wildman–Crippen LogP) is 4.43. The summed E-state index contributed by atoms with van der Waals surface area (Å²) in [5, 5.41) is 3.49. The molecule has 1 heterocycles. The molecule has 0 aliphatic heterocycles. The molecular weight excluding hydrogens is 246 g/mol. The van der Waals surface area contributed by atoms with Crippen molar-refractivity contribution in [3.05, 3.63) is 53.9 Å². The van der Waals surface area contributed by atoms with Crippen molar-refractivity contribution in [1.29, 1.82) is 0 Å². The molecule has 102 valence electrons. The summed E-state index contributed by atoms with van der Waals surface area (Å²) in [6, 6.07) is 14.7. The highest BCUT2D eigenvalue weighted by Crippen LogP contribution is 2.24. The van der Waals surface area contributed by atoms with E-state index in [2.05, 4.69) is 71.6 Å². The van der Waals surface area contributed by atoms with E-state index in [1.165, 1.54) is 11.3 Å². The molecule has 1 aromatic heterocycles. The molecule has 20 heavy (non-hydrogen) atoms. The maximum Gasteiger partial charge on any atom is 0.106 e. The number of aryl methyl sites for hydroxylation is 2. The summed E-state index contributed by atoms with van der Waals surface area (Å²) >= 11 is 0. The number of rotatable bonds is 4. The van der Waals surface area contributed by atoms with Gasteiger partial charge in [-0.15, -0.1) is 0 Å². The van der Waals surface area contributed by atoms with Crippen LogP contribution in [-0.4, -0.2) is 9.97 Å². The van der Waals surface area contributed by atoms with Gasteiger partial charge in [0.2, 0.25) is 0 Å². The van der Waals surface area contributed by atoms with Crippen molar-refractivity contribution in [2.75, 3.05) is 5.32 Å². The minimum absolute atomic E-state index is 0.927. The molecule has 3 nitrogen and oxygen atoms in total. The molecule has 0 unspecified atom stereocenters. The van der Waals surface area contributed by atoms with Gasteiger partial charge >= 0.3 is 0 Å². The van der Waals surface area contributed by atoms with Gasteiger partial charge in [0, 0.05) is 17.8 Å². The number of hydrogen-bond acceptors (Lipinski definition) is 2. The molecule has 0 aliphatic rings. The zero-order valence-corrected chi connectivity index (χ0v) is 11.9. The van der Waals surface area contributed by atoms with Crippen LogP contribution in [0, 0.1) is 0 Å². The third kappa shape index (κ3) is 2.39. The first-order valence-corrected chi connectivity index (χ1v) is 7.13. The van der Waals surface area contributed by atoms with Crippen molar-refractivity contribution in [2.24, 2.45) is 0 Å². The fourth-order valence-corrected chi connectivity index (χ4v) is 2.41. The largest absolute Gasteiger partial charge is 0.355 e. The first kappa shape index (κ1) is 12.7. The molecule has 0 saturated heterocycles. The number of imidazole rings is 1. The van der Waals surface area contributed by atoms with Crippen molar-refractivity contribution in [2.45, 2.75) is 26.7 Å². The normalized spacial score (nSPS) is 10.9. The second kappa shape index (κ2) is 5.37. The third-order valence-corrected chi connectivity index (χ3v) is 3.54. The molecule has 3 heteroatoms. The number of anilines is 2. The van der Waals surface area contributed by atoms with E-state index in [4.69, 9.17) is 0 Å². The van der Waals surface area contributed by atoms with Gasteiger partial charge in [0.15, 0.2) is 0 Å². The van der Waals surface area contributed by atoms with Crippen molar-refractivity contribution < 1.29 is 0 Å². The lowest BCUT2D eigenvalue weighted by molar-refractivity contribution is 1.00. The predicted molar refractivity (Wildman–Crippen MR) is 84.6 cm³/mol. The molecule has 2 aromatic carbocycles. The maximum absolute atomic E-state index is 4.58. The summed E-state index contributed by atoms with van der Waals surface area (Å²) in [5.41, 5.74) is 5.68. The number of hydrogen-bond donors (Lipinski definition) is 2. The molecular formula is C17H19N3. The molecule has 0 radical (unpaired) electrons. The first-order chi connectivity index (χ1) is 9.80. The molecule has 0 amide bonds. The molecule has 3 aromatic rings. The summed E-state index contributed by atoms with van der Waals surface area (Å²) in [4.78, 5) is 7.90. The van der Waals surface area contributed by atoms with Crippen LogP contribution in [0.5, 0.6) is 0 Å². The van der Waals surface area contributed by atoms with Crippen molar-refractivity contribution in [3.8, 4) is 0 Å². The number of aromatic nitrogens is 2. The van der Waals surface area contributed by atoms with Gasteiger partial charge in [-0.05, 0) is 36.2 Å². The second-order valence-electron chi connectivity index (χ2n) is 4.90. The molecule has 0 spiro atoms. The minimum atomic E-state index is 0.927. The zero-order chi connectivity index (χ0) is 13.9. The fraction of sp³-hybridized carbons (Fsp3) is 0.235. The van der Waals surface area contributed by atoms with E-state index in [0.29, 0.717) is 0 Å². The number of para-hydroxylation sites is 1. The summed E-state index contributed by atoms with van der Waals surface area (Å²) in [7, 11) is 0. The van der Waals surface area contributed by atoms with Crippen LogP contribution in [0.1, 0.15) is 25.2 Å². The highest BCUT2D eigenvalue weighted by Gasteiger charge is 2.04. The lowest BCUT2D eigenvalue weighted by Gasteiger charge is -2.10. The summed E-state index contributed by atoms with van der Waals surface area (Å²) < 4.78 is 0. The SMILES string of the molecule is CCc1nc2cc(Nc3ccccc3CC)ccc2[nH]1. The van der Waals surface area contributed by atoms with Gasteiger partial charge in [-0.2, -0.15) is 0 Å². The van der Waals surface area contributed by atoms with E-state index in [0.717, 1.165) is 35.4 Å². The van der Waals surface area contributed by atoms with Gasteiger partial charge in [0.1, 0.15) is 5.82 Å². The highest BCUT2D eigenvalue weighted by atomic mass is 14.9. The minimum Gasteiger partial charge on any atom is -0.355 e. The van der Waals surface area contributed by atoms with Crippen LogP contribution < -0.4 is 5.32 Å². The van der Waals surface area contributed by atoms with Crippen LogP contribution in [0.4, 0.5) is 11.4 Å². The number of benzene rings is 2. The van der Waals surface area contributed by atoms with Crippen molar-refractivity contribution in [3.63, 3.8) is 0 Å². The van der Waals surface area contributed by atoms with Crippen LogP contribution in [0.3, 0.4) is 0 Å². The topological polar surface area (TPSA) is 40.7 Å². The highest BCUT2D eigenvalue weighted by molar-refractivity contribution is 5.81. The van der Waals surface area contributed by atoms with Gasteiger partial charge in [0.25, 0.3) is 0 Å². The van der Waals surface area contributed by atoms with Gasteiger partial charge < -0.3 is 10.3 Å².